The van der Waals surface area contributed by atoms with E-state index in [0.717, 1.165) is 21.2 Å². The Morgan fingerprint density at radius 1 is 1.00 bits per heavy atom. The van der Waals surface area contributed by atoms with Crippen molar-refractivity contribution < 1.29 is 0 Å². The Balaban J connectivity index is 1.72. The van der Waals surface area contributed by atoms with Gasteiger partial charge in [0.15, 0.2) is 5.65 Å². The summed E-state index contributed by atoms with van der Waals surface area (Å²) < 4.78 is 0.985. The third kappa shape index (κ3) is 3.36. The van der Waals surface area contributed by atoms with E-state index in [0.29, 0.717) is 23.5 Å². The lowest BCUT2D eigenvalue weighted by molar-refractivity contribution is 1.05. The molecule has 128 valence electrons. The van der Waals surface area contributed by atoms with Gasteiger partial charge in [-0.2, -0.15) is 4.98 Å². The first-order valence-electron chi connectivity index (χ1n) is 8.13. The standard InChI is InChI=1S/C20H15BrN4O/c21-15-8-6-14(7-9-15)16-10-11-22-18-17(16)19(26)25-20(24-18)23-12-13-4-2-1-3-5-13/h1-11H,12H2,(H2,22,23,24,25,26). The van der Waals surface area contributed by atoms with Gasteiger partial charge in [0.1, 0.15) is 0 Å². The summed E-state index contributed by atoms with van der Waals surface area (Å²) in [4.78, 5) is 24.3. The molecule has 0 spiro atoms. The molecule has 4 aromatic rings. The maximum atomic E-state index is 12.7. The van der Waals surface area contributed by atoms with Gasteiger partial charge in [0, 0.05) is 17.2 Å². The number of nitrogens with zero attached hydrogens (tertiary/aromatic N) is 2. The van der Waals surface area contributed by atoms with Gasteiger partial charge in [0.2, 0.25) is 5.95 Å². The Hall–Kier alpha value is -2.99. The number of anilines is 1. The third-order valence-electron chi connectivity index (χ3n) is 4.07. The molecule has 4 rings (SSSR count). The molecule has 0 bridgehead atoms. The predicted molar refractivity (Wildman–Crippen MR) is 107 cm³/mol. The second-order valence-electron chi connectivity index (χ2n) is 5.82. The normalized spacial score (nSPS) is 10.8. The maximum Gasteiger partial charge on any atom is 0.262 e. The lowest BCUT2D eigenvalue weighted by Crippen LogP contribution is -2.14. The monoisotopic (exact) mass is 406 g/mol. The summed E-state index contributed by atoms with van der Waals surface area (Å²) in [7, 11) is 0. The SMILES string of the molecule is O=c1[nH]c(NCc2ccccc2)nc2nccc(-c3ccc(Br)cc3)c12. The van der Waals surface area contributed by atoms with Gasteiger partial charge in [-0.3, -0.25) is 9.78 Å². The minimum atomic E-state index is -0.211. The van der Waals surface area contributed by atoms with Gasteiger partial charge in [0.25, 0.3) is 5.56 Å². The van der Waals surface area contributed by atoms with E-state index in [1.54, 1.807) is 6.20 Å². The highest BCUT2D eigenvalue weighted by molar-refractivity contribution is 9.10. The number of pyridine rings is 1. The fraction of sp³-hybridized carbons (Fsp3) is 0.0500. The second-order valence-corrected chi connectivity index (χ2v) is 6.73. The Bertz CT molecular complexity index is 1110. The van der Waals surface area contributed by atoms with Crippen LogP contribution in [-0.4, -0.2) is 15.0 Å². The highest BCUT2D eigenvalue weighted by atomic mass is 79.9. The number of aromatic nitrogens is 3. The van der Waals surface area contributed by atoms with Crippen LogP contribution in [0, 0.1) is 0 Å². The summed E-state index contributed by atoms with van der Waals surface area (Å²) >= 11 is 3.43. The van der Waals surface area contributed by atoms with Gasteiger partial charge in [-0.15, -0.1) is 0 Å². The Morgan fingerprint density at radius 2 is 1.77 bits per heavy atom. The molecule has 0 amide bonds. The van der Waals surface area contributed by atoms with Crippen molar-refractivity contribution in [1.29, 1.82) is 0 Å². The molecule has 0 unspecified atom stereocenters. The Kier molecular flexibility index (Phi) is 4.50. The van der Waals surface area contributed by atoms with Crippen molar-refractivity contribution in [2.24, 2.45) is 0 Å². The van der Waals surface area contributed by atoms with Crippen molar-refractivity contribution in [3.63, 3.8) is 0 Å². The number of nitrogens with one attached hydrogen (secondary N) is 2. The number of fused-ring (bicyclic) bond motifs is 1. The van der Waals surface area contributed by atoms with Gasteiger partial charge in [-0.25, -0.2) is 4.98 Å². The zero-order chi connectivity index (χ0) is 17.9. The zero-order valence-electron chi connectivity index (χ0n) is 13.7. The van der Waals surface area contributed by atoms with E-state index in [1.165, 1.54) is 0 Å². The van der Waals surface area contributed by atoms with Crippen LogP contribution in [0.5, 0.6) is 0 Å². The molecule has 0 atom stereocenters. The van der Waals surface area contributed by atoms with Gasteiger partial charge in [-0.05, 0) is 34.9 Å². The first-order chi connectivity index (χ1) is 12.7. The second kappa shape index (κ2) is 7.09. The Morgan fingerprint density at radius 3 is 2.54 bits per heavy atom. The van der Waals surface area contributed by atoms with Crippen LogP contribution >= 0.6 is 15.9 Å². The van der Waals surface area contributed by atoms with Crippen molar-refractivity contribution in [1.82, 2.24) is 15.0 Å². The first kappa shape index (κ1) is 16.5. The molecule has 6 heteroatoms. The van der Waals surface area contributed by atoms with Crippen molar-refractivity contribution in [3.05, 3.63) is 87.3 Å². The lowest BCUT2D eigenvalue weighted by Gasteiger charge is -2.09. The van der Waals surface area contributed by atoms with Crippen LogP contribution in [0.15, 0.2) is 76.1 Å². The average molecular weight is 407 g/mol. The van der Waals surface area contributed by atoms with E-state index in [-0.39, 0.29) is 5.56 Å². The molecule has 2 heterocycles. The van der Waals surface area contributed by atoms with E-state index in [9.17, 15) is 4.79 Å². The predicted octanol–water partition coefficient (Wildman–Crippen LogP) is 4.36. The van der Waals surface area contributed by atoms with Crippen LogP contribution in [0.4, 0.5) is 5.95 Å². The molecule has 5 nitrogen and oxygen atoms in total. The van der Waals surface area contributed by atoms with Crippen LogP contribution in [0.1, 0.15) is 5.56 Å². The first-order valence-corrected chi connectivity index (χ1v) is 8.93. The minimum absolute atomic E-state index is 0.211. The number of benzene rings is 2. The van der Waals surface area contributed by atoms with Gasteiger partial charge in [-0.1, -0.05) is 58.4 Å². The number of hydrogen-bond acceptors (Lipinski definition) is 4. The highest BCUT2D eigenvalue weighted by Gasteiger charge is 2.11. The molecule has 0 fully saturated rings. The van der Waals surface area contributed by atoms with Crippen molar-refractivity contribution in [3.8, 4) is 11.1 Å². The summed E-state index contributed by atoms with van der Waals surface area (Å²) in [6.45, 7) is 0.571. The van der Waals surface area contributed by atoms with E-state index >= 15 is 0 Å². The summed E-state index contributed by atoms with van der Waals surface area (Å²) in [6.07, 6.45) is 1.67. The molecule has 26 heavy (non-hydrogen) atoms. The fourth-order valence-electron chi connectivity index (χ4n) is 2.80. The molecule has 0 saturated heterocycles. The van der Waals surface area contributed by atoms with Crippen LogP contribution in [-0.2, 0) is 6.54 Å². The summed E-state index contributed by atoms with van der Waals surface area (Å²) in [5.74, 6) is 0.409. The molecule has 0 radical (unpaired) electrons. The van der Waals surface area contributed by atoms with Crippen molar-refractivity contribution in [2.75, 3.05) is 5.32 Å². The molecule has 0 aliphatic heterocycles. The van der Waals surface area contributed by atoms with Crippen LogP contribution in [0.3, 0.4) is 0 Å². The number of aromatic amines is 1. The highest BCUT2D eigenvalue weighted by Crippen LogP contribution is 2.26. The topological polar surface area (TPSA) is 70.7 Å². The fourth-order valence-corrected chi connectivity index (χ4v) is 3.06. The van der Waals surface area contributed by atoms with E-state index in [1.807, 2.05) is 60.7 Å². The molecule has 0 aliphatic carbocycles. The maximum absolute atomic E-state index is 12.7. The number of rotatable bonds is 4. The van der Waals surface area contributed by atoms with E-state index in [4.69, 9.17) is 0 Å². The summed E-state index contributed by atoms with van der Waals surface area (Å²) in [5.41, 5.74) is 3.07. The number of hydrogen-bond donors (Lipinski definition) is 2. The average Bonchev–Trinajstić information content (AvgIpc) is 2.67. The molecular weight excluding hydrogens is 392 g/mol. The van der Waals surface area contributed by atoms with E-state index in [2.05, 4.69) is 36.2 Å². The summed E-state index contributed by atoms with van der Waals surface area (Å²) in [6, 6.07) is 19.6. The number of H-pyrrole nitrogens is 1. The molecule has 2 aromatic carbocycles. The number of halogens is 1. The smallest absolute Gasteiger partial charge is 0.262 e. The quantitative estimate of drug-likeness (QED) is 0.528. The largest absolute Gasteiger partial charge is 0.352 e. The van der Waals surface area contributed by atoms with Crippen LogP contribution in [0.2, 0.25) is 0 Å². The zero-order valence-corrected chi connectivity index (χ0v) is 15.3. The molecule has 0 aliphatic rings. The summed E-state index contributed by atoms with van der Waals surface area (Å²) in [5, 5.41) is 3.63. The van der Waals surface area contributed by atoms with Gasteiger partial charge < -0.3 is 5.32 Å². The molecule has 2 N–H and O–H groups in total. The van der Waals surface area contributed by atoms with Gasteiger partial charge >= 0.3 is 0 Å². The van der Waals surface area contributed by atoms with Crippen LogP contribution < -0.4 is 10.9 Å². The third-order valence-corrected chi connectivity index (χ3v) is 4.59. The van der Waals surface area contributed by atoms with E-state index < -0.39 is 0 Å². The lowest BCUT2D eigenvalue weighted by atomic mass is 10.0. The van der Waals surface area contributed by atoms with Crippen molar-refractivity contribution >= 4 is 32.9 Å². The van der Waals surface area contributed by atoms with Crippen molar-refractivity contribution in [2.45, 2.75) is 6.54 Å². The molecule has 0 saturated carbocycles. The Labute approximate surface area is 158 Å². The molecular formula is C20H15BrN4O. The van der Waals surface area contributed by atoms with Crippen LogP contribution in [0.25, 0.3) is 22.2 Å². The minimum Gasteiger partial charge on any atom is -0.352 e. The van der Waals surface area contributed by atoms with Gasteiger partial charge in [0.05, 0.1) is 5.39 Å². The molecule has 2 aromatic heterocycles.